The van der Waals surface area contributed by atoms with E-state index in [2.05, 4.69) is 5.32 Å². The summed E-state index contributed by atoms with van der Waals surface area (Å²) in [7, 11) is -3.42. The summed E-state index contributed by atoms with van der Waals surface area (Å²) in [6.07, 6.45) is 0.796. The Morgan fingerprint density at radius 1 is 0.824 bits per heavy atom. The Morgan fingerprint density at radius 2 is 1.47 bits per heavy atom. The molecule has 4 rings (SSSR count). The molecule has 3 amide bonds. The lowest BCUT2D eigenvalue weighted by molar-refractivity contribution is 0.0656. The van der Waals surface area contributed by atoms with Crippen LogP contribution in [-0.2, 0) is 16.3 Å². The third kappa shape index (κ3) is 5.07. The van der Waals surface area contributed by atoms with E-state index in [0.29, 0.717) is 6.42 Å². The van der Waals surface area contributed by atoms with Crippen LogP contribution in [0.5, 0.6) is 0 Å². The number of rotatable bonds is 9. The molecular formula is C26H24N2O5S. The van der Waals surface area contributed by atoms with Crippen molar-refractivity contribution < 1.29 is 22.8 Å². The maximum Gasteiger partial charge on any atom is 0.261 e. The largest absolute Gasteiger partial charge is 0.352 e. The van der Waals surface area contributed by atoms with Crippen molar-refractivity contribution in [3.05, 3.63) is 101 Å². The van der Waals surface area contributed by atoms with Crippen molar-refractivity contribution in [3.63, 3.8) is 0 Å². The summed E-state index contributed by atoms with van der Waals surface area (Å²) in [6, 6.07) is 22.2. The molecule has 0 bridgehead atoms. The second-order valence-corrected chi connectivity index (χ2v) is 10.1. The Kier molecular flexibility index (Phi) is 6.88. The van der Waals surface area contributed by atoms with Crippen LogP contribution >= 0.6 is 0 Å². The van der Waals surface area contributed by atoms with Gasteiger partial charge in [-0.15, -0.1) is 0 Å². The van der Waals surface area contributed by atoms with Gasteiger partial charge in [0.05, 0.1) is 21.8 Å². The quantitative estimate of drug-likeness (QED) is 0.378. The van der Waals surface area contributed by atoms with Gasteiger partial charge in [0.2, 0.25) is 0 Å². The summed E-state index contributed by atoms with van der Waals surface area (Å²) in [5.74, 6) is -1.30. The monoisotopic (exact) mass is 476 g/mol. The van der Waals surface area contributed by atoms with Gasteiger partial charge in [-0.25, -0.2) is 8.42 Å². The number of hydrogen-bond donors (Lipinski definition) is 1. The van der Waals surface area contributed by atoms with Crippen LogP contribution in [0.4, 0.5) is 0 Å². The number of nitrogens with zero attached hydrogens (tertiary/aromatic N) is 1. The molecule has 3 aromatic rings. The second kappa shape index (κ2) is 10.0. The molecule has 8 heteroatoms. The molecule has 0 saturated heterocycles. The number of sulfone groups is 1. The Hall–Kier alpha value is -3.78. The Morgan fingerprint density at radius 3 is 2.18 bits per heavy atom. The first-order valence-corrected chi connectivity index (χ1v) is 12.6. The fraction of sp³-hybridized carbons (Fsp3) is 0.192. The van der Waals surface area contributed by atoms with Crippen molar-refractivity contribution in [2.24, 2.45) is 0 Å². The van der Waals surface area contributed by atoms with E-state index in [-0.39, 0.29) is 52.8 Å². The molecule has 1 N–H and O–H groups in total. The highest BCUT2D eigenvalue weighted by Gasteiger charge is 2.35. The Bertz CT molecular complexity index is 1320. The highest BCUT2D eigenvalue weighted by atomic mass is 32.2. The predicted molar refractivity (Wildman–Crippen MR) is 127 cm³/mol. The molecule has 1 heterocycles. The molecular weight excluding hydrogens is 452 g/mol. The number of imide groups is 1. The minimum Gasteiger partial charge on any atom is -0.352 e. The summed E-state index contributed by atoms with van der Waals surface area (Å²) in [5, 5.41) is 2.68. The fourth-order valence-electron chi connectivity index (χ4n) is 3.83. The first kappa shape index (κ1) is 23.4. The first-order valence-electron chi connectivity index (χ1n) is 11.0. The van der Waals surface area contributed by atoms with Gasteiger partial charge in [-0.1, -0.05) is 48.5 Å². The van der Waals surface area contributed by atoms with Gasteiger partial charge in [-0.3, -0.25) is 19.3 Å². The molecule has 1 aliphatic heterocycles. The van der Waals surface area contributed by atoms with Gasteiger partial charge >= 0.3 is 0 Å². The lowest BCUT2D eigenvalue weighted by Crippen LogP contribution is -2.31. The van der Waals surface area contributed by atoms with Crippen LogP contribution < -0.4 is 5.32 Å². The molecule has 0 unspecified atom stereocenters. The number of hydrogen-bond acceptors (Lipinski definition) is 5. The molecule has 3 aromatic carbocycles. The zero-order chi connectivity index (χ0) is 24.1. The number of nitrogens with one attached hydrogen (secondary N) is 1. The van der Waals surface area contributed by atoms with E-state index in [1.165, 1.54) is 23.1 Å². The molecule has 34 heavy (non-hydrogen) atoms. The minimum atomic E-state index is -3.42. The Labute approximate surface area is 198 Å². The van der Waals surface area contributed by atoms with Crippen LogP contribution in [-0.4, -0.2) is 49.9 Å². The standard InChI is InChI=1S/C26H24N2O5S/c29-24(27-15-7-17-34(32,33)21-10-5-2-6-11-21)20-12-13-22-23(18-20)26(31)28(25(22)30)16-14-19-8-3-1-4-9-19/h1-6,8-13,18H,7,14-17H2,(H,27,29). The highest BCUT2D eigenvalue weighted by Crippen LogP contribution is 2.24. The summed E-state index contributed by atoms with van der Waals surface area (Å²) < 4.78 is 24.7. The molecule has 7 nitrogen and oxygen atoms in total. The van der Waals surface area contributed by atoms with Crippen molar-refractivity contribution in [1.29, 1.82) is 0 Å². The van der Waals surface area contributed by atoms with Gasteiger partial charge in [-0.05, 0) is 48.7 Å². The zero-order valence-electron chi connectivity index (χ0n) is 18.4. The average molecular weight is 477 g/mol. The molecule has 0 radical (unpaired) electrons. The number of amides is 3. The van der Waals surface area contributed by atoms with Gasteiger partial charge in [0.1, 0.15) is 0 Å². The van der Waals surface area contributed by atoms with Crippen molar-refractivity contribution in [1.82, 2.24) is 10.2 Å². The van der Waals surface area contributed by atoms with Crippen molar-refractivity contribution in [2.45, 2.75) is 17.7 Å². The van der Waals surface area contributed by atoms with Crippen molar-refractivity contribution in [3.8, 4) is 0 Å². The SMILES string of the molecule is O=C(NCCCS(=O)(=O)c1ccccc1)c1ccc2c(c1)C(=O)N(CCc1ccccc1)C2=O. The second-order valence-electron chi connectivity index (χ2n) is 8.00. The molecule has 1 aliphatic rings. The van der Waals surface area contributed by atoms with E-state index >= 15 is 0 Å². The smallest absolute Gasteiger partial charge is 0.261 e. The van der Waals surface area contributed by atoms with E-state index in [1.807, 2.05) is 30.3 Å². The zero-order valence-corrected chi connectivity index (χ0v) is 19.3. The number of carbonyl (C=O) groups is 3. The number of benzene rings is 3. The molecule has 0 atom stereocenters. The number of carbonyl (C=O) groups excluding carboxylic acids is 3. The van der Waals surface area contributed by atoms with Gasteiger partial charge in [0, 0.05) is 18.7 Å². The highest BCUT2D eigenvalue weighted by molar-refractivity contribution is 7.91. The molecule has 0 spiro atoms. The maximum atomic E-state index is 12.8. The lowest BCUT2D eigenvalue weighted by atomic mass is 10.1. The summed E-state index contributed by atoms with van der Waals surface area (Å²) in [6.45, 7) is 0.422. The Balaban J connectivity index is 1.34. The number of fused-ring (bicyclic) bond motifs is 1. The van der Waals surface area contributed by atoms with Crippen LogP contribution in [0.15, 0.2) is 83.8 Å². The fourth-order valence-corrected chi connectivity index (χ4v) is 5.16. The van der Waals surface area contributed by atoms with E-state index in [0.717, 1.165) is 5.56 Å². The van der Waals surface area contributed by atoms with E-state index in [4.69, 9.17) is 0 Å². The minimum absolute atomic E-state index is 0.0924. The van der Waals surface area contributed by atoms with Gasteiger partial charge in [0.15, 0.2) is 9.84 Å². The lowest BCUT2D eigenvalue weighted by Gasteiger charge is -2.13. The third-order valence-electron chi connectivity index (χ3n) is 5.68. The molecule has 0 saturated carbocycles. The van der Waals surface area contributed by atoms with E-state index < -0.39 is 21.7 Å². The molecule has 0 aromatic heterocycles. The van der Waals surface area contributed by atoms with Gasteiger partial charge < -0.3 is 5.32 Å². The van der Waals surface area contributed by atoms with Crippen LogP contribution in [0, 0.1) is 0 Å². The molecule has 174 valence electrons. The molecule has 0 fully saturated rings. The summed E-state index contributed by atoms with van der Waals surface area (Å²) in [5.41, 5.74) is 1.75. The maximum absolute atomic E-state index is 12.8. The van der Waals surface area contributed by atoms with Crippen LogP contribution in [0.25, 0.3) is 0 Å². The normalized spacial score (nSPS) is 13.1. The molecule has 0 aliphatic carbocycles. The van der Waals surface area contributed by atoms with Crippen LogP contribution in [0.1, 0.15) is 43.1 Å². The van der Waals surface area contributed by atoms with E-state index in [9.17, 15) is 22.8 Å². The van der Waals surface area contributed by atoms with Crippen molar-refractivity contribution in [2.75, 3.05) is 18.8 Å². The van der Waals surface area contributed by atoms with Gasteiger partial charge in [-0.2, -0.15) is 0 Å². The summed E-state index contributed by atoms with van der Waals surface area (Å²) >= 11 is 0. The predicted octanol–water partition coefficient (Wildman–Crippen LogP) is 3.12. The van der Waals surface area contributed by atoms with Crippen molar-refractivity contribution >= 4 is 27.6 Å². The third-order valence-corrected chi connectivity index (χ3v) is 7.49. The first-order chi connectivity index (χ1) is 16.4. The van der Waals surface area contributed by atoms with E-state index in [1.54, 1.807) is 30.3 Å². The van der Waals surface area contributed by atoms with Gasteiger partial charge in [0.25, 0.3) is 17.7 Å². The summed E-state index contributed by atoms with van der Waals surface area (Å²) in [4.78, 5) is 39.5. The van der Waals surface area contributed by atoms with Crippen LogP contribution in [0.2, 0.25) is 0 Å². The average Bonchev–Trinajstić information content (AvgIpc) is 3.10. The van der Waals surface area contributed by atoms with Crippen LogP contribution in [0.3, 0.4) is 0 Å². The topological polar surface area (TPSA) is 101 Å².